The van der Waals surface area contributed by atoms with Gasteiger partial charge in [-0.3, -0.25) is 9.59 Å². The average molecular weight is 378 g/mol. The molecule has 1 aliphatic rings. The van der Waals surface area contributed by atoms with Crippen LogP contribution in [-0.4, -0.2) is 29.8 Å². The van der Waals surface area contributed by atoms with Gasteiger partial charge < -0.3 is 10.2 Å². The molecule has 0 bridgehead atoms. The van der Waals surface area contributed by atoms with Crippen molar-refractivity contribution in [2.45, 2.75) is 25.7 Å². The minimum absolute atomic E-state index is 0.0413. The molecule has 138 valence electrons. The van der Waals surface area contributed by atoms with Crippen LogP contribution in [0.25, 0.3) is 10.1 Å². The molecule has 0 saturated carbocycles. The summed E-state index contributed by atoms with van der Waals surface area (Å²) < 4.78 is 1.07. The van der Waals surface area contributed by atoms with Crippen LogP contribution in [0, 0.1) is 0 Å². The number of carbonyl (C=O) groups is 2. The fourth-order valence-corrected chi connectivity index (χ4v) is 4.48. The van der Waals surface area contributed by atoms with Crippen LogP contribution in [0.5, 0.6) is 0 Å². The summed E-state index contributed by atoms with van der Waals surface area (Å²) in [7, 11) is 0. The minimum atomic E-state index is -0.0413. The molecule has 0 aliphatic carbocycles. The quantitative estimate of drug-likeness (QED) is 0.715. The molecule has 0 atom stereocenters. The Bertz CT molecular complexity index is 959. The van der Waals surface area contributed by atoms with E-state index in [1.54, 1.807) is 0 Å². The third-order valence-corrected chi connectivity index (χ3v) is 5.97. The van der Waals surface area contributed by atoms with Crippen molar-refractivity contribution in [2.24, 2.45) is 0 Å². The monoisotopic (exact) mass is 378 g/mol. The van der Waals surface area contributed by atoms with Crippen LogP contribution >= 0.6 is 11.3 Å². The van der Waals surface area contributed by atoms with Crippen LogP contribution in [0.4, 0.5) is 5.69 Å². The van der Waals surface area contributed by atoms with Crippen LogP contribution in [0.2, 0.25) is 0 Å². The summed E-state index contributed by atoms with van der Waals surface area (Å²) in [6, 6.07) is 17.5. The van der Waals surface area contributed by atoms with E-state index in [0.29, 0.717) is 6.42 Å². The highest BCUT2D eigenvalue weighted by Crippen LogP contribution is 2.29. The number of piperidine rings is 1. The summed E-state index contributed by atoms with van der Waals surface area (Å²) in [5.41, 5.74) is 1.75. The summed E-state index contributed by atoms with van der Waals surface area (Å²) in [6.45, 7) is 1.71. The molecule has 4 nitrogen and oxygen atoms in total. The van der Waals surface area contributed by atoms with E-state index in [1.165, 1.54) is 17.8 Å². The Morgan fingerprint density at radius 1 is 0.963 bits per heavy atom. The Labute approximate surface area is 162 Å². The number of carbonyl (C=O) groups excluding carboxylic acids is 2. The maximum absolute atomic E-state index is 12.7. The number of thiophene rings is 1. The normalized spacial score (nSPS) is 14.3. The Hall–Kier alpha value is -2.66. The zero-order valence-corrected chi connectivity index (χ0v) is 15.9. The SMILES string of the molecule is O=C(Cc1ccccc1)Nc1ccc2sc(C(=O)N3CCCCC3)cc2c1. The number of fused-ring (bicyclic) bond motifs is 1. The summed E-state index contributed by atoms with van der Waals surface area (Å²) in [5.74, 6) is 0.0889. The van der Waals surface area contributed by atoms with Gasteiger partial charge in [0.2, 0.25) is 5.91 Å². The molecule has 1 aliphatic heterocycles. The van der Waals surface area contributed by atoms with Gasteiger partial charge in [0.1, 0.15) is 0 Å². The number of benzene rings is 2. The van der Waals surface area contributed by atoms with Crippen LogP contribution in [0.15, 0.2) is 54.6 Å². The second kappa shape index (κ2) is 7.92. The molecule has 1 aromatic heterocycles. The molecule has 0 spiro atoms. The lowest BCUT2D eigenvalue weighted by atomic mass is 10.1. The Morgan fingerprint density at radius 3 is 2.52 bits per heavy atom. The van der Waals surface area contributed by atoms with Crippen LogP contribution in [0.3, 0.4) is 0 Å². The van der Waals surface area contributed by atoms with Crippen molar-refractivity contribution >= 4 is 38.9 Å². The van der Waals surface area contributed by atoms with Gasteiger partial charge >= 0.3 is 0 Å². The van der Waals surface area contributed by atoms with Gasteiger partial charge in [0.15, 0.2) is 0 Å². The zero-order valence-electron chi connectivity index (χ0n) is 15.1. The van der Waals surface area contributed by atoms with Crippen molar-refractivity contribution < 1.29 is 9.59 Å². The summed E-state index contributed by atoms with van der Waals surface area (Å²) in [6.07, 6.45) is 3.74. The molecule has 27 heavy (non-hydrogen) atoms. The largest absolute Gasteiger partial charge is 0.338 e. The van der Waals surface area contributed by atoms with Crippen LogP contribution in [-0.2, 0) is 11.2 Å². The molecule has 4 rings (SSSR count). The lowest BCUT2D eigenvalue weighted by Gasteiger charge is -2.26. The van der Waals surface area contributed by atoms with E-state index in [9.17, 15) is 9.59 Å². The second-order valence-corrected chi connectivity index (χ2v) is 8.01. The third kappa shape index (κ3) is 4.19. The number of nitrogens with one attached hydrogen (secondary N) is 1. The van der Waals surface area contributed by atoms with Crippen molar-refractivity contribution in [2.75, 3.05) is 18.4 Å². The zero-order chi connectivity index (χ0) is 18.6. The molecule has 3 aromatic rings. The van der Waals surface area contributed by atoms with Gasteiger partial charge in [-0.25, -0.2) is 0 Å². The van der Waals surface area contributed by atoms with E-state index >= 15 is 0 Å². The van der Waals surface area contributed by atoms with Gasteiger partial charge in [-0.1, -0.05) is 30.3 Å². The molecule has 0 radical (unpaired) electrons. The highest BCUT2D eigenvalue weighted by molar-refractivity contribution is 7.20. The van der Waals surface area contributed by atoms with E-state index in [2.05, 4.69) is 5.32 Å². The Kier molecular flexibility index (Phi) is 5.21. The predicted molar refractivity (Wildman–Crippen MR) is 110 cm³/mol. The number of anilines is 1. The first-order valence-electron chi connectivity index (χ1n) is 9.36. The number of hydrogen-bond donors (Lipinski definition) is 1. The van der Waals surface area contributed by atoms with Gasteiger partial charge in [-0.2, -0.15) is 0 Å². The first kappa shape index (κ1) is 17.7. The number of rotatable bonds is 4. The van der Waals surface area contributed by atoms with Crippen molar-refractivity contribution in [3.63, 3.8) is 0 Å². The lowest BCUT2D eigenvalue weighted by molar-refractivity contribution is -0.115. The predicted octanol–water partition coefficient (Wildman–Crippen LogP) is 4.71. The fourth-order valence-electron chi connectivity index (χ4n) is 3.47. The van der Waals surface area contributed by atoms with Crippen molar-refractivity contribution in [1.29, 1.82) is 0 Å². The number of nitrogens with zero attached hydrogens (tertiary/aromatic N) is 1. The van der Waals surface area contributed by atoms with E-state index in [-0.39, 0.29) is 11.8 Å². The maximum atomic E-state index is 12.7. The average Bonchev–Trinajstić information content (AvgIpc) is 3.12. The lowest BCUT2D eigenvalue weighted by Crippen LogP contribution is -2.35. The first-order valence-corrected chi connectivity index (χ1v) is 10.2. The molecule has 2 heterocycles. The third-order valence-electron chi connectivity index (χ3n) is 4.86. The topological polar surface area (TPSA) is 49.4 Å². The van der Waals surface area contributed by atoms with Crippen molar-refractivity contribution in [1.82, 2.24) is 4.90 Å². The van der Waals surface area contributed by atoms with Gasteiger partial charge in [0, 0.05) is 23.5 Å². The van der Waals surface area contributed by atoms with E-state index < -0.39 is 0 Å². The number of likely N-dealkylation sites (tertiary alicyclic amines) is 1. The molecule has 1 fully saturated rings. The van der Waals surface area contributed by atoms with E-state index in [0.717, 1.165) is 52.1 Å². The molecular weight excluding hydrogens is 356 g/mol. The highest BCUT2D eigenvalue weighted by atomic mass is 32.1. The minimum Gasteiger partial charge on any atom is -0.338 e. The Morgan fingerprint density at radius 2 is 1.74 bits per heavy atom. The summed E-state index contributed by atoms with van der Waals surface area (Å²) in [4.78, 5) is 27.7. The van der Waals surface area contributed by atoms with Gasteiger partial charge in [0.25, 0.3) is 5.91 Å². The van der Waals surface area contributed by atoms with Crippen LogP contribution in [0.1, 0.15) is 34.5 Å². The van der Waals surface area contributed by atoms with Crippen LogP contribution < -0.4 is 5.32 Å². The van der Waals surface area contributed by atoms with E-state index in [1.807, 2.05) is 59.5 Å². The summed E-state index contributed by atoms with van der Waals surface area (Å²) in [5, 5.41) is 3.95. The molecule has 2 aromatic carbocycles. The van der Waals surface area contributed by atoms with Gasteiger partial charge in [-0.05, 0) is 54.5 Å². The molecule has 2 amide bonds. The standard InChI is InChI=1S/C22H22N2O2S/c25-21(13-16-7-3-1-4-8-16)23-18-9-10-19-17(14-18)15-20(27-19)22(26)24-11-5-2-6-12-24/h1,3-4,7-10,14-15H,2,5-6,11-13H2,(H,23,25). The number of hydrogen-bond acceptors (Lipinski definition) is 3. The molecular formula is C22H22N2O2S. The summed E-state index contributed by atoms with van der Waals surface area (Å²) >= 11 is 1.53. The van der Waals surface area contributed by atoms with Gasteiger partial charge in [0.05, 0.1) is 11.3 Å². The first-order chi connectivity index (χ1) is 13.2. The second-order valence-electron chi connectivity index (χ2n) is 6.93. The smallest absolute Gasteiger partial charge is 0.263 e. The molecule has 1 saturated heterocycles. The maximum Gasteiger partial charge on any atom is 0.263 e. The molecule has 5 heteroatoms. The highest BCUT2D eigenvalue weighted by Gasteiger charge is 2.20. The number of amides is 2. The van der Waals surface area contributed by atoms with Crippen molar-refractivity contribution in [3.8, 4) is 0 Å². The van der Waals surface area contributed by atoms with Gasteiger partial charge in [-0.15, -0.1) is 11.3 Å². The van der Waals surface area contributed by atoms with Crippen molar-refractivity contribution in [3.05, 3.63) is 65.0 Å². The molecule has 0 unspecified atom stereocenters. The van der Waals surface area contributed by atoms with E-state index in [4.69, 9.17) is 0 Å². The molecule has 1 N–H and O–H groups in total. The fraction of sp³-hybridized carbons (Fsp3) is 0.273. The Balaban J connectivity index is 1.47.